The summed E-state index contributed by atoms with van der Waals surface area (Å²) in [4.78, 5) is 11.7. The molecule has 0 bridgehead atoms. The van der Waals surface area contributed by atoms with Crippen LogP contribution < -0.4 is 5.43 Å². The number of rotatable bonds is 3. The minimum atomic E-state index is -0.724. The second-order valence-corrected chi connectivity index (χ2v) is 4.14. The van der Waals surface area contributed by atoms with E-state index in [0.717, 1.165) is 12.1 Å². The first-order valence-corrected chi connectivity index (χ1v) is 5.85. The highest BCUT2D eigenvalue weighted by atomic mass is 16.3. The molecule has 0 heterocycles. The summed E-state index contributed by atoms with van der Waals surface area (Å²) >= 11 is 0. The first kappa shape index (κ1) is 14.2. The van der Waals surface area contributed by atoms with E-state index in [4.69, 9.17) is 5.11 Å². The standard InChI is InChI=1S/C14H12N2O5/c17-9-3-4-12(19)11(5-9)14(21)16-15-7-8-1-2-10(18)6-13(8)20/h1-7,17-20H,(H,16,21)/b15-7+. The van der Waals surface area contributed by atoms with E-state index in [0.29, 0.717) is 0 Å². The van der Waals surface area contributed by atoms with Crippen LogP contribution in [0.25, 0.3) is 0 Å². The first-order valence-electron chi connectivity index (χ1n) is 5.85. The van der Waals surface area contributed by atoms with E-state index in [2.05, 4.69) is 10.5 Å². The summed E-state index contributed by atoms with van der Waals surface area (Å²) in [6.45, 7) is 0. The normalized spacial score (nSPS) is 10.7. The molecule has 0 spiro atoms. The van der Waals surface area contributed by atoms with Crippen molar-refractivity contribution in [2.45, 2.75) is 0 Å². The summed E-state index contributed by atoms with van der Waals surface area (Å²) in [6, 6.07) is 7.40. The quantitative estimate of drug-likeness (QED) is 0.331. The topological polar surface area (TPSA) is 122 Å². The fourth-order valence-electron chi connectivity index (χ4n) is 1.57. The zero-order chi connectivity index (χ0) is 15.4. The Bertz CT molecular complexity index is 713. The van der Waals surface area contributed by atoms with E-state index in [9.17, 15) is 20.1 Å². The van der Waals surface area contributed by atoms with Gasteiger partial charge in [-0.15, -0.1) is 0 Å². The molecule has 0 aliphatic rings. The maximum absolute atomic E-state index is 11.7. The van der Waals surface area contributed by atoms with Crippen molar-refractivity contribution in [1.82, 2.24) is 5.43 Å². The van der Waals surface area contributed by atoms with Gasteiger partial charge in [0.05, 0.1) is 11.8 Å². The third-order valence-corrected chi connectivity index (χ3v) is 2.61. The zero-order valence-corrected chi connectivity index (χ0v) is 10.7. The van der Waals surface area contributed by atoms with Crippen LogP contribution in [0.2, 0.25) is 0 Å². The molecular formula is C14H12N2O5. The van der Waals surface area contributed by atoms with Crippen molar-refractivity contribution in [1.29, 1.82) is 0 Å². The van der Waals surface area contributed by atoms with Crippen LogP contribution in [0.4, 0.5) is 0 Å². The first-order chi connectivity index (χ1) is 9.97. The number of nitrogens with one attached hydrogen (secondary N) is 1. The van der Waals surface area contributed by atoms with Crippen LogP contribution in [0, 0.1) is 0 Å². The highest BCUT2D eigenvalue weighted by Gasteiger charge is 2.11. The summed E-state index contributed by atoms with van der Waals surface area (Å²) in [6.07, 6.45) is 1.17. The highest BCUT2D eigenvalue weighted by molar-refractivity contribution is 5.97. The molecule has 0 aliphatic carbocycles. The van der Waals surface area contributed by atoms with Crippen LogP contribution in [0.15, 0.2) is 41.5 Å². The lowest BCUT2D eigenvalue weighted by Crippen LogP contribution is -2.17. The van der Waals surface area contributed by atoms with E-state index < -0.39 is 5.91 Å². The summed E-state index contributed by atoms with van der Waals surface area (Å²) in [5, 5.41) is 41.0. The third-order valence-electron chi connectivity index (χ3n) is 2.61. The van der Waals surface area contributed by atoms with Gasteiger partial charge in [-0.3, -0.25) is 4.79 Å². The summed E-state index contributed by atoms with van der Waals surface area (Å²) in [5.41, 5.74) is 2.29. The molecule has 7 heteroatoms. The molecule has 2 aromatic rings. The van der Waals surface area contributed by atoms with Crippen molar-refractivity contribution in [3.8, 4) is 23.0 Å². The third kappa shape index (κ3) is 3.41. The molecule has 0 fully saturated rings. The smallest absolute Gasteiger partial charge is 0.275 e. The Morgan fingerprint density at radius 1 is 0.952 bits per heavy atom. The minimum absolute atomic E-state index is 0.0987. The summed E-state index contributed by atoms with van der Waals surface area (Å²) < 4.78 is 0. The van der Waals surface area contributed by atoms with Crippen LogP contribution in [0.3, 0.4) is 0 Å². The van der Waals surface area contributed by atoms with Gasteiger partial charge in [0.15, 0.2) is 0 Å². The number of carbonyl (C=O) groups excluding carboxylic acids is 1. The Morgan fingerprint density at radius 2 is 1.62 bits per heavy atom. The van der Waals surface area contributed by atoms with Crippen LogP contribution in [0.1, 0.15) is 15.9 Å². The molecule has 21 heavy (non-hydrogen) atoms. The number of aromatic hydroxyl groups is 4. The molecular weight excluding hydrogens is 276 g/mol. The van der Waals surface area contributed by atoms with Crippen LogP contribution >= 0.6 is 0 Å². The summed E-state index contributed by atoms with van der Waals surface area (Å²) in [5.74, 6) is -1.49. The molecule has 0 atom stereocenters. The molecule has 7 nitrogen and oxygen atoms in total. The molecule has 0 radical (unpaired) electrons. The Labute approximate surface area is 119 Å². The maximum Gasteiger partial charge on any atom is 0.275 e. The lowest BCUT2D eigenvalue weighted by molar-refractivity contribution is 0.0952. The molecule has 108 valence electrons. The lowest BCUT2D eigenvalue weighted by atomic mass is 10.2. The van der Waals surface area contributed by atoms with Gasteiger partial charge in [0.2, 0.25) is 0 Å². The van der Waals surface area contributed by atoms with Gasteiger partial charge < -0.3 is 20.4 Å². The van der Waals surface area contributed by atoms with E-state index >= 15 is 0 Å². The van der Waals surface area contributed by atoms with Crippen molar-refractivity contribution >= 4 is 12.1 Å². The van der Waals surface area contributed by atoms with Crippen molar-refractivity contribution in [2.24, 2.45) is 5.10 Å². The van der Waals surface area contributed by atoms with Gasteiger partial charge in [-0.1, -0.05) is 0 Å². The SMILES string of the molecule is O=C(N/N=C/c1ccc(O)cc1O)c1cc(O)ccc1O. The van der Waals surface area contributed by atoms with Crippen LogP contribution in [0.5, 0.6) is 23.0 Å². The maximum atomic E-state index is 11.7. The summed E-state index contributed by atoms with van der Waals surface area (Å²) in [7, 11) is 0. The number of phenols is 4. The van der Waals surface area contributed by atoms with Gasteiger partial charge in [0, 0.05) is 11.6 Å². The second-order valence-electron chi connectivity index (χ2n) is 4.14. The van der Waals surface area contributed by atoms with Crippen molar-refractivity contribution in [3.05, 3.63) is 47.5 Å². The van der Waals surface area contributed by atoms with E-state index in [1.807, 2.05) is 0 Å². The van der Waals surface area contributed by atoms with E-state index in [1.54, 1.807) is 0 Å². The van der Waals surface area contributed by atoms with Gasteiger partial charge in [-0.25, -0.2) is 5.43 Å². The molecule has 0 saturated heterocycles. The number of hydrogen-bond acceptors (Lipinski definition) is 6. The molecule has 1 amide bonds. The number of benzene rings is 2. The Morgan fingerprint density at radius 3 is 2.33 bits per heavy atom. The second kappa shape index (κ2) is 5.83. The van der Waals surface area contributed by atoms with Gasteiger partial charge in [0.25, 0.3) is 5.91 Å². The molecule has 2 aromatic carbocycles. The largest absolute Gasteiger partial charge is 0.508 e. The number of carbonyl (C=O) groups is 1. The van der Waals surface area contributed by atoms with Gasteiger partial charge in [-0.2, -0.15) is 5.10 Å². The predicted molar refractivity (Wildman–Crippen MR) is 74.6 cm³/mol. The molecule has 0 aliphatic heterocycles. The zero-order valence-electron chi connectivity index (χ0n) is 10.7. The van der Waals surface area contributed by atoms with Crippen molar-refractivity contribution in [2.75, 3.05) is 0 Å². The molecule has 0 saturated carbocycles. The minimum Gasteiger partial charge on any atom is -0.508 e. The molecule has 0 unspecified atom stereocenters. The average Bonchev–Trinajstić information content (AvgIpc) is 2.43. The van der Waals surface area contributed by atoms with Crippen LogP contribution in [-0.2, 0) is 0 Å². The van der Waals surface area contributed by atoms with Crippen LogP contribution in [-0.4, -0.2) is 32.5 Å². The van der Waals surface area contributed by atoms with Crippen molar-refractivity contribution in [3.63, 3.8) is 0 Å². The Hall–Kier alpha value is -3.22. The monoisotopic (exact) mass is 288 g/mol. The Kier molecular flexibility index (Phi) is 3.94. The van der Waals surface area contributed by atoms with E-state index in [-0.39, 0.29) is 34.1 Å². The van der Waals surface area contributed by atoms with Gasteiger partial charge >= 0.3 is 0 Å². The van der Waals surface area contributed by atoms with Gasteiger partial charge in [-0.05, 0) is 30.3 Å². The fourth-order valence-corrected chi connectivity index (χ4v) is 1.57. The van der Waals surface area contributed by atoms with E-state index in [1.165, 1.54) is 30.5 Å². The van der Waals surface area contributed by atoms with Crippen molar-refractivity contribution < 1.29 is 25.2 Å². The number of amides is 1. The molecule has 2 rings (SSSR count). The average molecular weight is 288 g/mol. The number of nitrogens with zero attached hydrogens (tertiary/aromatic N) is 1. The number of phenolic OH excluding ortho intramolecular Hbond substituents is 4. The number of hydrogen-bond donors (Lipinski definition) is 5. The highest BCUT2D eigenvalue weighted by Crippen LogP contribution is 2.22. The predicted octanol–water partition coefficient (Wildman–Crippen LogP) is 1.27. The molecule has 0 aromatic heterocycles. The van der Waals surface area contributed by atoms with Gasteiger partial charge in [0.1, 0.15) is 23.0 Å². The Balaban J connectivity index is 2.10. The number of hydrazone groups is 1. The lowest BCUT2D eigenvalue weighted by Gasteiger charge is -2.03. The molecule has 5 N–H and O–H groups in total. The fraction of sp³-hybridized carbons (Fsp3) is 0.